The molecule has 3 aromatic rings. The Kier molecular flexibility index (Phi) is 8.46. The summed E-state index contributed by atoms with van der Waals surface area (Å²) >= 11 is 0. The summed E-state index contributed by atoms with van der Waals surface area (Å²) in [5.74, 6) is 5.19. The number of hydrogen-bond acceptors (Lipinski definition) is 7. The molecule has 0 aliphatic carbocycles. The van der Waals surface area contributed by atoms with E-state index in [0.717, 1.165) is 11.2 Å². The highest BCUT2D eigenvalue weighted by Crippen LogP contribution is 2.39. The van der Waals surface area contributed by atoms with Crippen LogP contribution in [0.25, 0.3) is 11.1 Å². The Morgan fingerprint density at radius 2 is 1.73 bits per heavy atom. The van der Waals surface area contributed by atoms with Crippen LogP contribution in [-0.2, 0) is 21.1 Å². The van der Waals surface area contributed by atoms with Gasteiger partial charge in [-0.15, -0.1) is 13.2 Å². The molecule has 0 bridgehead atoms. The predicted octanol–water partition coefficient (Wildman–Crippen LogP) is 4.34. The van der Waals surface area contributed by atoms with Gasteiger partial charge in [0.2, 0.25) is 5.91 Å². The van der Waals surface area contributed by atoms with Crippen LogP contribution in [0, 0.1) is 0 Å². The number of ether oxygens (including phenoxy) is 1. The molecule has 0 fully saturated rings. The van der Waals surface area contributed by atoms with Crippen LogP contribution >= 0.6 is 0 Å². The quantitative estimate of drug-likeness (QED) is 0.275. The molecule has 8 nitrogen and oxygen atoms in total. The summed E-state index contributed by atoms with van der Waals surface area (Å²) in [5.41, 5.74) is 7.01. The molecule has 0 heterocycles. The summed E-state index contributed by atoms with van der Waals surface area (Å²) in [6.07, 6.45) is -2.50. The lowest BCUT2D eigenvalue weighted by atomic mass is 10.0. The molecule has 37 heavy (non-hydrogen) atoms. The molecule has 0 radical (unpaired) electrons. The average Bonchev–Trinajstić information content (AvgIpc) is 2.84. The highest BCUT2D eigenvalue weighted by molar-refractivity contribution is 7.91. The number of nitrogens with zero attached hydrogens (tertiary/aromatic N) is 1. The number of nitrogens with one attached hydrogen (secondary N) is 1. The van der Waals surface area contributed by atoms with Crippen molar-refractivity contribution >= 4 is 27.1 Å². The van der Waals surface area contributed by atoms with Crippen molar-refractivity contribution < 1.29 is 31.1 Å². The number of alkyl halides is 3. The molecule has 0 spiro atoms. The number of anilines is 2. The number of carbonyl (C=O) groups is 1. The highest BCUT2D eigenvalue weighted by atomic mass is 32.2. The molecule has 0 aromatic heterocycles. The van der Waals surface area contributed by atoms with Crippen LogP contribution in [0.2, 0.25) is 0 Å². The van der Waals surface area contributed by atoms with Crippen LogP contribution in [0.5, 0.6) is 5.75 Å². The molecule has 3 rings (SSSR count). The van der Waals surface area contributed by atoms with Gasteiger partial charge >= 0.3 is 6.36 Å². The molecule has 12 heteroatoms. The number of rotatable bonds is 9. The third-order valence-corrected chi connectivity index (χ3v) is 6.99. The Labute approximate surface area is 212 Å². The van der Waals surface area contributed by atoms with E-state index >= 15 is 0 Å². The molecular weight excluding hydrogens is 509 g/mol. The zero-order valence-electron chi connectivity index (χ0n) is 19.7. The third kappa shape index (κ3) is 7.24. The fourth-order valence-corrected chi connectivity index (χ4v) is 4.38. The summed E-state index contributed by atoms with van der Waals surface area (Å²) in [5, 5.41) is 3.81. The minimum Gasteiger partial charge on any atom is -0.405 e. The van der Waals surface area contributed by atoms with Crippen LogP contribution in [-0.4, -0.2) is 26.4 Å². The van der Waals surface area contributed by atoms with Crippen molar-refractivity contribution in [2.45, 2.75) is 24.6 Å². The van der Waals surface area contributed by atoms with Gasteiger partial charge < -0.3 is 15.8 Å². The van der Waals surface area contributed by atoms with Gasteiger partial charge in [0.05, 0.1) is 22.8 Å². The maximum atomic E-state index is 12.9. The van der Waals surface area contributed by atoms with E-state index in [4.69, 9.17) is 11.6 Å². The molecule has 0 saturated heterocycles. The first-order valence-electron chi connectivity index (χ1n) is 11.0. The van der Waals surface area contributed by atoms with E-state index in [1.54, 1.807) is 25.1 Å². The van der Waals surface area contributed by atoms with Crippen LogP contribution in [0.1, 0.15) is 12.5 Å². The second kappa shape index (κ2) is 11.4. The molecular formula is C25H25F3N4O4S. The third-order valence-electron chi connectivity index (χ3n) is 5.24. The lowest BCUT2D eigenvalue weighted by molar-refractivity contribution is -0.274. The smallest absolute Gasteiger partial charge is 0.405 e. The largest absolute Gasteiger partial charge is 0.573 e. The van der Waals surface area contributed by atoms with Crippen molar-refractivity contribution in [3.63, 3.8) is 0 Å². The Bertz CT molecular complexity index is 1390. The lowest BCUT2D eigenvalue weighted by Gasteiger charge is -2.21. The maximum Gasteiger partial charge on any atom is 0.573 e. The summed E-state index contributed by atoms with van der Waals surface area (Å²) in [6, 6.07) is 16.1. The fourth-order valence-electron chi connectivity index (χ4n) is 3.50. The molecule has 0 aliphatic rings. The second-order valence-electron chi connectivity index (χ2n) is 7.80. The topological polar surface area (TPSA) is 128 Å². The van der Waals surface area contributed by atoms with E-state index in [9.17, 15) is 26.4 Å². The van der Waals surface area contributed by atoms with Crippen molar-refractivity contribution in [3.8, 4) is 16.9 Å². The number of benzene rings is 3. The Morgan fingerprint density at radius 3 is 2.35 bits per heavy atom. The van der Waals surface area contributed by atoms with E-state index in [-0.39, 0.29) is 28.3 Å². The highest BCUT2D eigenvalue weighted by Gasteiger charge is 2.32. The van der Waals surface area contributed by atoms with Gasteiger partial charge in [0.25, 0.3) is 0 Å². The zero-order chi connectivity index (χ0) is 27.2. The van der Waals surface area contributed by atoms with Crippen LogP contribution in [0.3, 0.4) is 0 Å². The van der Waals surface area contributed by atoms with Crippen molar-refractivity contribution in [3.05, 3.63) is 84.7 Å². The van der Waals surface area contributed by atoms with Gasteiger partial charge in [-0.05, 0) is 35.9 Å². The molecule has 1 amide bonds. The van der Waals surface area contributed by atoms with E-state index in [2.05, 4.69) is 10.1 Å². The Morgan fingerprint density at radius 1 is 1.05 bits per heavy atom. The number of amides is 1. The molecule has 0 aliphatic heterocycles. The number of nitrogens with two attached hydrogens (primary N) is 2. The second-order valence-corrected chi connectivity index (χ2v) is 10.1. The fraction of sp³-hybridized carbons (Fsp3) is 0.160. The van der Waals surface area contributed by atoms with Gasteiger partial charge in [0, 0.05) is 29.2 Å². The van der Waals surface area contributed by atoms with Crippen LogP contribution in [0.4, 0.5) is 24.5 Å². The minimum atomic E-state index is -4.90. The minimum absolute atomic E-state index is 0.0323. The van der Waals surface area contributed by atoms with E-state index in [1.807, 2.05) is 0 Å². The van der Waals surface area contributed by atoms with Gasteiger partial charge in [-0.25, -0.2) is 14.3 Å². The predicted molar refractivity (Wildman–Crippen MR) is 135 cm³/mol. The van der Waals surface area contributed by atoms with E-state index < -0.39 is 27.9 Å². The number of hydrogen-bond donors (Lipinski definition) is 3. The summed E-state index contributed by atoms with van der Waals surface area (Å²) < 4.78 is 66.9. The summed E-state index contributed by atoms with van der Waals surface area (Å²) in [4.78, 5) is 12.8. The number of hydrazine groups is 1. The molecule has 0 atom stereocenters. The van der Waals surface area contributed by atoms with Gasteiger partial charge in [0.15, 0.2) is 9.84 Å². The molecule has 5 N–H and O–H groups in total. The van der Waals surface area contributed by atoms with Crippen molar-refractivity contribution in [2.75, 3.05) is 16.1 Å². The number of halogens is 3. The molecule has 3 aromatic carbocycles. The van der Waals surface area contributed by atoms with Crippen molar-refractivity contribution in [2.24, 2.45) is 11.6 Å². The van der Waals surface area contributed by atoms with Crippen molar-refractivity contribution in [1.29, 1.82) is 0 Å². The summed E-state index contributed by atoms with van der Waals surface area (Å²) in [6.45, 7) is 1.55. The van der Waals surface area contributed by atoms with E-state index in [0.29, 0.717) is 16.8 Å². The van der Waals surface area contributed by atoms with Gasteiger partial charge in [-0.1, -0.05) is 43.3 Å². The van der Waals surface area contributed by atoms with Gasteiger partial charge in [-0.2, -0.15) is 0 Å². The first-order valence-corrected chi connectivity index (χ1v) is 12.6. The molecule has 0 saturated carbocycles. The Balaban J connectivity index is 1.88. The molecule has 0 unspecified atom stereocenters. The number of para-hydroxylation sites is 1. The van der Waals surface area contributed by atoms with E-state index in [1.165, 1.54) is 54.7 Å². The van der Waals surface area contributed by atoms with Gasteiger partial charge in [-0.3, -0.25) is 9.80 Å². The van der Waals surface area contributed by atoms with Crippen molar-refractivity contribution in [1.82, 2.24) is 0 Å². The zero-order valence-corrected chi connectivity index (χ0v) is 20.5. The van der Waals surface area contributed by atoms with Crippen LogP contribution in [0.15, 0.2) is 84.0 Å². The first kappa shape index (κ1) is 27.6. The molecule has 196 valence electrons. The number of carbonyl (C=O) groups excluding carboxylic acids is 1. The maximum absolute atomic E-state index is 12.9. The lowest BCUT2D eigenvalue weighted by Crippen LogP contribution is -2.25. The standard InChI is InChI=1S/C25H25F3N4O4S/c1-2-37(34,35)19-10-7-17(8-11-19)15-24(33)31-18-9-12-20(22(16-18)32(30)14-13-29)21-5-3-4-6-23(21)36-25(26,27)28/h3-14,16H,2,15,29-30H2,1H3,(H,31,33)/b14-13-. The number of sulfone groups is 1. The monoisotopic (exact) mass is 534 g/mol. The Hall–Kier alpha value is -4.03. The van der Waals surface area contributed by atoms with Gasteiger partial charge in [0.1, 0.15) is 5.75 Å². The summed E-state index contributed by atoms with van der Waals surface area (Å²) in [7, 11) is -3.35. The normalized spacial score (nSPS) is 11.9. The SMILES string of the molecule is CCS(=O)(=O)c1ccc(CC(=O)Nc2ccc(-c3ccccc3OC(F)(F)F)c(N(N)/C=C\N)c2)cc1. The average molecular weight is 535 g/mol. The van der Waals surface area contributed by atoms with Crippen LogP contribution < -0.4 is 26.6 Å². The first-order chi connectivity index (χ1) is 17.4.